The van der Waals surface area contributed by atoms with Crippen LogP contribution in [-0.4, -0.2) is 31.9 Å². The second-order valence-corrected chi connectivity index (χ2v) is 4.94. The summed E-state index contributed by atoms with van der Waals surface area (Å²) in [5.74, 6) is -0.211. The van der Waals surface area contributed by atoms with Crippen LogP contribution in [0, 0.1) is 0 Å². The lowest BCUT2D eigenvalue weighted by Gasteiger charge is -2.05. The Morgan fingerprint density at radius 3 is 2.52 bits per heavy atom. The van der Waals surface area contributed by atoms with Gasteiger partial charge in [-0.15, -0.1) is 0 Å². The molecule has 2 N–H and O–H groups in total. The zero-order valence-corrected chi connectivity index (χ0v) is 13.0. The minimum Gasteiger partial charge on any atom is -0.339 e. The van der Waals surface area contributed by atoms with Crippen LogP contribution in [0.2, 0.25) is 0 Å². The van der Waals surface area contributed by atoms with Crippen molar-refractivity contribution in [1.29, 1.82) is 0 Å². The summed E-state index contributed by atoms with van der Waals surface area (Å²) in [6.45, 7) is 0. The summed E-state index contributed by atoms with van der Waals surface area (Å²) < 4.78 is 5.09. The Morgan fingerprint density at radius 1 is 1.00 bits per heavy atom. The standard InChI is InChI=1S/C16H14N6O3/c23-13(20-21-16(24)12-6-2-4-10-18-12)7-8-14-19-15(22-25-14)11-5-1-3-9-17-11/h1-6,9-10H,7-8H2,(H,20,23)(H,21,24). The number of hydrogen-bond donors (Lipinski definition) is 2. The Morgan fingerprint density at radius 2 is 1.80 bits per heavy atom. The maximum atomic E-state index is 11.8. The fourth-order valence-electron chi connectivity index (χ4n) is 1.93. The molecule has 3 heterocycles. The fraction of sp³-hybridized carbons (Fsp3) is 0.125. The number of aromatic nitrogens is 4. The molecule has 0 unspecified atom stereocenters. The first-order chi connectivity index (χ1) is 12.2. The van der Waals surface area contributed by atoms with Crippen LogP contribution >= 0.6 is 0 Å². The summed E-state index contributed by atoms with van der Waals surface area (Å²) in [5, 5.41) is 3.82. The molecule has 25 heavy (non-hydrogen) atoms. The highest BCUT2D eigenvalue weighted by molar-refractivity contribution is 5.93. The van der Waals surface area contributed by atoms with E-state index in [0.717, 1.165) is 0 Å². The summed E-state index contributed by atoms with van der Waals surface area (Å²) in [7, 11) is 0. The van der Waals surface area contributed by atoms with Gasteiger partial charge < -0.3 is 4.52 Å². The Kier molecular flexibility index (Phi) is 5.05. The number of rotatable bonds is 5. The van der Waals surface area contributed by atoms with Crippen LogP contribution < -0.4 is 10.9 Å². The highest BCUT2D eigenvalue weighted by atomic mass is 16.5. The Labute approximate surface area is 142 Å². The monoisotopic (exact) mass is 338 g/mol. The maximum absolute atomic E-state index is 11.8. The number of hydrogen-bond acceptors (Lipinski definition) is 7. The molecular weight excluding hydrogens is 324 g/mol. The molecule has 3 aromatic rings. The average Bonchev–Trinajstić information content (AvgIpc) is 3.15. The van der Waals surface area contributed by atoms with E-state index in [0.29, 0.717) is 17.4 Å². The minimum absolute atomic E-state index is 0.0757. The van der Waals surface area contributed by atoms with Crippen molar-refractivity contribution < 1.29 is 14.1 Å². The lowest BCUT2D eigenvalue weighted by molar-refractivity contribution is -0.121. The average molecular weight is 338 g/mol. The van der Waals surface area contributed by atoms with E-state index in [1.807, 2.05) is 6.07 Å². The molecule has 3 rings (SSSR count). The van der Waals surface area contributed by atoms with Crippen LogP contribution in [0.5, 0.6) is 0 Å². The molecule has 0 aromatic carbocycles. The normalized spacial score (nSPS) is 10.2. The van der Waals surface area contributed by atoms with E-state index in [1.165, 1.54) is 6.20 Å². The predicted molar refractivity (Wildman–Crippen MR) is 85.7 cm³/mol. The number of nitrogens with zero attached hydrogens (tertiary/aromatic N) is 4. The van der Waals surface area contributed by atoms with Gasteiger partial charge in [-0.05, 0) is 24.3 Å². The van der Waals surface area contributed by atoms with E-state index in [9.17, 15) is 9.59 Å². The summed E-state index contributed by atoms with van der Waals surface area (Å²) in [5.41, 5.74) is 5.39. The predicted octanol–water partition coefficient (Wildman–Crippen LogP) is 0.920. The molecule has 2 amide bonds. The number of carbonyl (C=O) groups is 2. The lowest BCUT2D eigenvalue weighted by Crippen LogP contribution is -2.42. The zero-order chi connectivity index (χ0) is 17.5. The first-order valence-corrected chi connectivity index (χ1v) is 7.46. The van der Waals surface area contributed by atoms with Gasteiger partial charge >= 0.3 is 0 Å². The Bertz CT molecular complexity index is 851. The molecule has 0 spiro atoms. The number of pyridine rings is 2. The van der Waals surface area contributed by atoms with E-state index >= 15 is 0 Å². The molecular formula is C16H14N6O3. The van der Waals surface area contributed by atoms with E-state index in [4.69, 9.17) is 4.52 Å². The maximum Gasteiger partial charge on any atom is 0.288 e. The molecule has 0 aliphatic rings. The molecule has 0 aliphatic heterocycles. The van der Waals surface area contributed by atoms with Gasteiger partial charge in [0.2, 0.25) is 17.6 Å². The molecule has 0 saturated heterocycles. The molecule has 9 nitrogen and oxygen atoms in total. The van der Waals surface area contributed by atoms with Crippen LogP contribution in [0.15, 0.2) is 53.3 Å². The van der Waals surface area contributed by atoms with Crippen molar-refractivity contribution in [2.24, 2.45) is 0 Å². The number of carbonyl (C=O) groups excluding carboxylic acids is 2. The van der Waals surface area contributed by atoms with Crippen molar-refractivity contribution in [1.82, 2.24) is 31.0 Å². The lowest BCUT2D eigenvalue weighted by atomic mass is 10.3. The minimum atomic E-state index is -0.496. The molecule has 0 radical (unpaired) electrons. The van der Waals surface area contributed by atoms with Gasteiger partial charge in [0.1, 0.15) is 11.4 Å². The summed E-state index contributed by atoms with van der Waals surface area (Å²) >= 11 is 0. The molecule has 0 bridgehead atoms. The smallest absolute Gasteiger partial charge is 0.288 e. The van der Waals surface area contributed by atoms with E-state index in [2.05, 4.69) is 31.0 Å². The van der Waals surface area contributed by atoms with E-state index in [-0.39, 0.29) is 24.4 Å². The molecule has 0 aliphatic carbocycles. The first-order valence-electron chi connectivity index (χ1n) is 7.46. The summed E-state index contributed by atoms with van der Waals surface area (Å²) in [6, 6.07) is 10.3. The van der Waals surface area contributed by atoms with Gasteiger partial charge in [-0.3, -0.25) is 30.4 Å². The van der Waals surface area contributed by atoms with Gasteiger partial charge in [0.05, 0.1) is 0 Å². The number of nitrogens with one attached hydrogen (secondary N) is 2. The van der Waals surface area contributed by atoms with Crippen LogP contribution in [0.4, 0.5) is 0 Å². The topological polar surface area (TPSA) is 123 Å². The van der Waals surface area contributed by atoms with Gasteiger partial charge in [-0.2, -0.15) is 4.98 Å². The second kappa shape index (κ2) is 7.77. The van der Waals surface area contributed by atoms with Gasteiger partial charge in [0.15, 0.2) is 0 Å². The van der Waals surface area contributed by atoms with Crippen molar-refractivity contribution in [3.8, 4) is 11.5 Å². The number of aryl methyl sites for hydroxylation is 1. The highest BCUT2D eigenvalue weighted by Crippen LogP contribution is 2.12. The summed E-state index contributed by atoms with van der Waals surface area (Å²) in [4.78, 5) is 35.7. The van der Waals surface area contributed by atoms with Gasteiger partial charge in [0.25, 0.3) is 5.91 Å². The Balaban J connectivity index is 1.47. The second-order valence-electron chi connectivity index (χ2n) is 4.94. The third-order valence-electron chi connectivity index (χ3n) is 3.14. The van der Waals surface area contributed by atoms with Crippen LogP contribution in [0.1, 0.15) is 22.8 Å². The molecule has 126 valence electrons. The molecule has 0 atom stereocenters. The van der Waals surface area contributed by atoms with Gasteiger partial charge in [0, 0.05) is 25.2 Å². The highest BCUT2D eigenvalue weighted by Gasteiger charge is 2.12. The van der Waals surface area contributed by atoms with Crippen LogP contribution in [-0.2, 0) is 11.2 Å². The van der Waals surface area contributed by atoms with Crippen LogP contribution in [0.25, 0.3) is 11.5 Å². The Hall–Kier alpha value is -3.62. The third-order valence-corrected chi connectivity index (χ3v) is 3.14. The zero-order valence-electron chi connectivity index (χ0n) is 13.0. The number of amides is 2. The number of hydrazine groups is 1. The molecule has 3 aromatic heterocycles. The largest absolute Gasteiger partial charge is 0.339 e. The summed E-state index contributed by atoms with van der Waals surface area (Å²) in [6.07, 6.45) is 3.44. The van der Waals surface area contributed by atoms with E-state index in [1.54, 1.807) is 36.5 Å². The van der Waals surface area contributed by atoms with Crippen molar-refractivity contribution in [2.75, 3.05) is 0 Å². The van der Waals surface area contributed by atoms with Crippen molar-refractivity contribution >= 4 is 11.8 Å². The quantitative estimate of drug-likeness (QED) is 0.663. The van der Waals surface area contributed by atoms with Gasteiger partial charge in [-0.1, -0.05) is 17.3 Å². The molecule has 0 saturated carbocycles. The van der Waals surface area contributed by atoms with E-state index < -0.39 is 5.91 Å². The van der Waals surface area contributed by atoms with Crippen molar-refractivity contribution in [3.63, 3.8) is 0 Å². The van der Waals surface area contributed by atoms with Crippen molar-refractivity contribution in [3.05, 3.63) is 60.4 Å². The first kappa shape index (κ1) is 16.2. The van der Waals surface area contributed by atoms with Crippen LogP contribution in [0.3, 0.4) is 0 Å². The molecule has 9 heteroatoms. The van der Waals surface area contributed by atoms with Gasteiger partial charge in [-0.25, -0.2) is 0 Å². The molecule has 0 fully saturated rings. The SMILES string of the molecule is O=C(CCc1nc(-c2ccccn2)no1)NNC(=O)c1ccccn1. The van der Waals surface area contributed by atoms with Crippen molar-refractivity contribution in [2.45, 2.75) is 12.8 Å². The fourth-order valence-corrected chi connectivity index (χ4v) is 1.93. The third kappa shape index (κ3) is 4.44.